The van der Waals surface area contributed by atoms with E-state index in [1.165, 1.54) is 6.20 Å². The van der Waals surface area contributed by atoms with Crippen LogP contribution in [0.5, 0.6) is 0 Å². The van der Waals surface area contributed by atoms with Crippen molar-refractivity contribution in [3.05, 3.63) is 69.5 Å². The van der Waals surface area contributed by atoms with Gasteiger partial charge < -0.3 is 9.30 Å². The lowest BCUT2D eigenvalue weighted by Gasteiger charge is -2.08. The Morgan fingerprint density at radius 1 is 1.20 bits per heavy atom. The van der Waals surface area contributed by atoms with Crippen LogP contribution in [-0.2, 0) is 17.9 Å². The molecule has 7 nitrogen and oxygen atoms in total. The van der Waals surface area contributed by atoms with Crippen molar-refractivity contribution in [2.75, 3.05) is 7.11 Å². The molecule has 0 saturated heterocycles. The molecule has 3 aromatic heterocycles. The molecule has 0 spiro atoms. The highest BCUT2D eigenvalue weighted by molar-refractivity contribution is 6.30. The molecule has 0 fully saturated rings. The van der Waals surface area contributed by atoms with Gasteiger partial charge in [-0.25, -0.2) is 4.98 Å². The van der Waals surface area contributed by atoms with E-state index in [4.69, 9.17) is 16.3 Å². The average Bonchev–Trinajstić information content (AvgIpc) is 3.02. The van der Waals surface area contributed by atoms with Gasteiger partial charge in [0.1, 0.15) is 6.61 Å². The summed E-state index contributed by atoms with van der Waals surface area (Å²) in [7, 11) is 1.58. The van der Waals surface area contributed by atoms with Crippen molar-refractivity contribution >= 4 is 28.3 Å². The molecule has 3 heterocycles. The molecule has 126 valence electrons. The minimum atomic E-state index is -0.134. The Bertz CT molecular complexity index is 1120. The molecule has 0 saturated carbocycles. The normalized spacial score (nSPS) is 11.4. The maximum atomic E-state index is 12.8. The van der Waals surface area contributed by atoms with Crippen LogP contribution in [0, 0.1) is 0 Å². The van der Waals surface area contributed by atoms with Crippen molar-refractivity contribution in [1.29, 1.82) is 0 Å². The topological polar surface area (TPSA) is 74.3 Å². The van der Waals surface area contributed by atoms with Crippen molar-refractivity contribution in [3.63, 3.8) is 0 Å². The lowest BCUT2D eigenvalue weighted by atomic mass is 10.2. The number of rotatable bonds is 4. The third-order valence-electron chi connectivity index (χ3n) is 3.89. The first kappa shape index (κ1) is 15.7. The van der Waals surface area contributed by atoms with Gasteiger partial charge in [-0.15, -0.1) is 5.10 Å². The Labute approximate surface area is 147 Å². The van der Waals surface area contributed by atoms with E-state index in [0.29, 0.717) is 40.7 Å². The number of hydrogen-bond acceptors (Lipinski definition) is 5. The van der Waals surface area contributed by atoms with Crippen LogP contribution in [0.25, 0.3) is 16.7 Å². The van der Waals surface area contributed by atoms with E-state index < -0.39 is 0 Å². The molecular formula is C17H14ClN5O2. The average molecular weight is 356 g/mol. The number of pyridine rings is 1. The number of ether oxygens (including phenoxy) is 1. The fourth-order valence-corrected chi connectivity index (χ4v) is 2.83. The minimum Gasteiger partial charge on any atom is -0.377 e. The van der Waals surface area contributed by atoms with Crippen LogP contribution in [0.2, 0.25) is 5.02 Å². The highest BCUT2D eigenvalue weighted by atomic mass is 35.5. The monoisotopic (exact) mass is 355 g/mol. The van der Waals surface area contributed by atoms with Gasteiger partial charge in [0, 0.05) is 24.5 Å². The van der Waals surface area contributed by atoms with Gasteiger partial charge in [0.15, 0.2) is 5.82 Å². The van der Waals surface area contributed by atoms with Gasteiger partial charge in [0.05, 0.1) is 17.4 Å². The first-order valence-corrected chi connectivity index (χ1v) is 8.01. The molecule has 0 aliphatic rings. The number of fused-ring (bicyclic) bond motifs is 3. The molecule has 0 radical (unpaired) electrons. The molecule has 8 heteroatoms. The van der Waals surface area contributed by atoms with E-state index >= 15 is 0 Å². The Morgan fingerprint density at radius 3 is 2.76 bits per heavy atom. The number of methoxy groups -OCH3 is 1. The first-order valence-electron chi connectivity index (χ1n) is 7.63. The van der Waals surface area contributed by atoms with Gasteiger partial charge >= 0.3 is 0 Å². The summed E-state index contributed by atoms with van der Waals surface area (Å²) >= 11 is 5.90. The standard InChI is InChI=1S/C17H14ClN5O2/c1-25-10-15-20-17-19-8-13-14(23(17)21-15)6-7-22(16(13)24)9-11-2-4-12(18)5-3-11/h2-8H,9-10H2,1H3. The zero-order valence-corrected chi connectivity index (χ0v) is 14.1. The summed E-state index contributed by atoms with van der Waals surface area (Å²) in [6.45, 7) is 0.745. The molecule has 25 heavy (non-hydrogen) atoms. The molecule has 4 aromatic rings. The van der Waals surface area contributed by atoms with Crippen LogP contribution in [0.3, 0.4) is 0 Å². The van der Waals surface area contributed by atoms with E-state index in [0.717, 1.165) is 5.56 Å². The van der Waals surface area contributed by atoms with Crippen LogP contribution in [0.1, 0.15) is 11.4 Å². The van der Waals surface area contributed by atoms with Crippen LogP contribution in [0.15, 0.2) is 47.5 Å². The Morgan fingerprint density at radius 2 is 2.00 bits per heavy atom. The molecule has 0 amide bonds. The zero-order valence-electron chi connectivity index (χ0n) is 13.4. The summed E-state index contributed by atoms with van der Waals surface area (Å²) in [5, 5.41) is 5.50. The van der Waals surface area contributed by atoms with Crippen LogP contribution in [-0.4, -0.2) is 31.3 Å². The summed E-state index contributed by atoms with van der Waals surface area (Å²) in [5.41, 5.74) is 1.52. The molecule has 1 aromatic carbocycles. The zero-order chi connectivity index (χ0) is 17.4. The second-order valence-electron chi connectivity index (χ2n) is 5.61. The van der Waals surface area contributed by atoms with Crippen molar-refractivity contribution in [1.82, 2.24) is 24.1 Å². The fourth-order valence-electron chi connectivity index (χ4n) is 2.70. The highest BCUT2D eigenvalue weighted by Crippen LogP contribution is 2.13. The number of nitrogens with zero attached hydrogens (tertiary/aromatic N) is 5. The Balaban J connectivity index is 1.80. The molecular weight excluding hydrogens is 342 g/mol. The smallest absolute Gasteiger partial charge is 0.261 e. The summed E-state index contributed by atoms with van der Waals surface area (Å²) in [6, 6.07) is 9.25. The Kier molecular flexibility index (Phi) is 3.95. The van der Waals surface area contributed by atoms with E-state index in [-0.39, 0.29) is 5.56 Å². The molecule has 0 atom stereocenters. The summed E-state index contributed by atoms with van der Waals surface area (Å²) in [4.78, 5) is 21.3. The quantitative estimate of drug-likeness (QED) is 0.561. The number of aromatic nitrogens is 5. The maximum Gasteiger partial charge on any atom is 0.261 e. The van der Waals surface area contributed by atoms with Crippen molar-refractivity contribution in [3.8, 4) is 0 Å². The molecule has 0 aliphatic heterocycles. The largest absolute Gasteiger partial charge is 0.377 e. The van der Waals surface area contributed by atoms with Crippen LogP contribution >= 0.6 is 11.6 Å². The number of halogens is 1. The third kappa shape index (κ3) is 2.88. The summed E-state index contributed by atoms with van der Waals surface area (Å²) < 4.78 is 8.24. The molecule has 0 aliphatic carbocycles. The SMILES string of the molecule is COCc1nc2ncc3c(=O)n(Cc4ccc(Cl)cc4)ccc3n2n1. The second kappa shape index (κ2) is 6.27. The van der Waals surface area contributed by atoms with E-state index in [2.05, 4.69) is 15.1 Å². The summed E-state index contributed by atoms with van der Waals surface area (Å²) in [5.74, 6) is 0.960. The summed E-state index contributed by atoms with van der Waals surface area (Å²) in [6.07, 6.45) is 3.28. The van der Waals surface area contributed by atoms with Crippen LogP contribution < -0.4 is 5.56 Å². The lowest BCUT2D eigenvalue weighted by Crippen LogP contribution is -2.21. The third-order valence-corrected chi connectivity index (χ3v) is 4.14. The predicted octanol–water partition coefficient (Wildman–Crippen LogP) is 2.29. The second-order valence-corrected chi connectivity index (χ2v) is 6.04. The number of hydrogen-bond donors (Lipinski definition) is 0. The van der Waals surface area contributed by atoms with Crippen LogP contribution in [0.4, 0.5) is 0 Å². The Hall–Kier alpha value is -2.77. The fraction of sp³-hybridized carbons (Fsp3) is 0.176. The predicted molar refractivity (Wildman–Crippen MR) is 93.8 cm³/mol. The van der Waals surface area contributed by atoms with Gasteiger partial charge in [-0.05, 0) is 23.8 Å². The van der Waals surface area contributed by atoms with Gasteiger partial charge in [-0.1, -0.05) is 23.7 Å². The van der Waals surface area contributed by atoms with Crippen molar-refractivity contribution < 1.29 is 4.74 Å². The molecule has 0 unspecified atom stereocenters. The van der Waals surface area contributed by atoms with Gasteiger partial charge in [-0.2, -0.15) is 9.50 Å². The van der Waals surface area contributed by atoms with E-state index in [9.17, 15) is 4.79 Å². The van der Waals surface area contributed by atoms with Crippen molar-refractivity contribution in [2.45, 2.75) is 13.2 Å². The van der Waals surface area contributed by atoms with Gasteiger partial charge in [-0.3, -0.25) is 4.79 Å². The molecule has 0 N–H and O–H groups in total. The van der Waals surface area contributed by atoms with E-state index in [1.54, 1.807) is 34.5 Å². The van der Waals surface area contributed by atoms with Gasteiger partial charge in [0.25, 0.3) is 11.3 Å². The first-order chi connectivity index (χ1) is 12.2. The van der Waals surface area contributed by atoms with Crippen molar-refractivity contribution in [2.24, 2.45) is 0 Å². The lowest BCUT2D eigenvalue weighted by molar-refractivity contribution is 0.178. The maximum absolute atomic E-state index is 12.8. The molecule has 4 rings (SSSR count). The van der Waals surface area contributed by atoms with Gasteiger partial charge in [0.2, 0.25) is 0 Å². The molecule has 0 bridgehead atoms. The highest BCUT2D eigenvalue weighted by Gasteiger charge is 2.11. The van der Waals surface area contributed by atoms with E-state index in [1.807, 2.05) is 18.2 Å². The number of benzene rings is 1. The minimum absolute atomic E-state index is 0.134.